The largest absolute Gasteiger partial charge is 0.486 e. The second-order valence-corrected chi connectivity index (χ2v) is 6.64. The van der Waals surface area contributed by atoms with E-state index in [4.69, 9.17) is 15.2 Å². The van der Waals surface area contributed by atoms with Gasteiger partial charge in [0, 0.05) is 11.8 Å². The highest BCUT2D eigenvalue weighted by molar-refractivity contribution is 7.99. The number of carbonyl (C=O) groups is 1. The summed E-state index contributed by atoms with van der Waals surface area (Å²) in [6.45, 7) is 4.86. The molecule has 0 aliphatic carbocycles. The van der Waals surface area contributed by atoms with E-state index in [2.05, 4.69) is 15.3 Å². The van der Waals surface area contributed by atoms with Crippen molar-refractivity contribution in [1.82, 2.24) is 15.3 Å². The number of aromatic nitrogens is 2. The van der Waals surface area contributed by atoms with Crippen molar-refractivity contribution >= 4 is 23.5 Å². The van der Waals surface area contributed by atoms with Crippen LogP contribution in [0.5, 0.6) is 11.5 Å². The number of aryl methyl sites for hydroxylation is 1. The van der Waals surface area contributed by atoms with E-state index in [0.29, 0.717) is 29.9 Å². The molecule has 1 aromatic carbocycles. The molecule has 2 heterocycles. The number of amides is 1. The molecular weight excluding hydrogens is 340 g/mol. The lowest BCUT2D eigenvalue weighted by atomic mass is 10.1. The number of thioether (sulfide) groups is 1. The molecule has 0 saturated heterocycles. The van der Waals surface area contributed by atoms with Crippen LogP contribution in [0, 0.1) is 6.92 Å². The van der Waals surface area contributed by atoms with Gasteiger partial charge in [0.15, 0.2) is 16.7 Å². The van der Waals surface area contributed by atoms with Crippen LogP contribution in [0.1, 0.15) is 24.2 Å². The molecule has 0 spiro atoms. The second kappa shape index (κ2) is 7.60. The van der Waals surface area contributed by atoms with Crippen LogP contribution in [0.4, 0.5) is 5.82 Å². The summed E-state index contributed by atoms with van der Waals surface area (Å²) in [6, 6.07) is 7.23. The van der Waals surface area contributed by atoms with E-state index in [1.54, 1.807) is 6.07 Å². The monoisotopic (exact) mass is 360 g/mol. The van der Waals surface area contributed by atoms with E-state index >= 15 is 0 Å². The molecule has 0 fully saturated rings. The van der Waals surface area contributed by atoms with Gasteiger partial charge in [-0.2, -0.15) is 0 Å². The Kier molecular flexibility index (Phi) is 5.28. The van der Waals surface area contributed by atoms with E-state index in [9.17, 15) is 4.79 Å². The molecule has 1 atom stereocenters. The molecule has 25 heavy (non-hydrogen) atoms. The molecule has 1 aliphatic heterocycles. The van der Waals surface area contributed by atoms with Crippen LogP contribution in [-0.2, 0) is 4.79 Å². The smallest absolute Gasteiger partial charge is 0.230 e. The third-order valence-corrected chi connectivity index (χ3v) is 4.48. The van der Waals surface area contributed by atoms with Gasteiger partial charge in [0.1, 0.15) is 19.0 Å². The van der Waals surface area contributed by atoms with Gasteiger partial charge >= 0.3 is 0 Å². The summed E-state index contributed by atoms with van der Waals surface area (Å²) in [4.78, 5) is 20.5. The molecule has 7 nitrogen and oxygen atoms in total. The predicted octanol–water partition coefficient (Wildman–Crippen LogP) is 2.11. The van der Waals surface area contributed by atoms with Crippen molar-refractivity contribution in [3.63, 3.8) is 0 Å². The molecule has 3 rings (SSSR count). The van der Waals surface area contributed by atoms with Crippen LogP contribution < -0.4 is 20.5 Å². The first-order valence-corrected chi connectivity index (χ1v) is 8.92. The number of benzene rings is 1. The number of fused-ring (bicyclic) bond motifs is 1. The van der Waals surface area contributed by atoms with Gasteiger partial charge in [-0.15, -0.1) is 0 Å². The van der Waals surface area contributed by atoms with E-state index in [1.165, 1.54) is 11.8 Å². The molecule has 132 valence electrons. The van der Waals surface area contributed by atoms with Crippen LogP contribution in [0.25, 0.3) is 0 Å². The summed E-state index contributed by atoms with van der Waals surface area (Å²) in [5.74, 6) is 1.97. The SMILES string of the molecule is Cc1cc(N)nc(SCC(=O)NC(C)c2ccc3c(c2)OCCO3)n1. The summed E-state index contributed by atoms with van der Waals surface area (Å²) in [7, 11) is 0. The zero-order valence-electron chi connectivity index (χ0n) is 14.1. The second-order valence-electron chi connectivity index (χ2n) is 5.70. The van der Waals surface area contributed by atoms with Crippen LogP contribution in [0.15, 0.2) is 29.4 Å². The van der Waals surface area contributed by atoms with Gasteiger partial charge in [0.25, 0.3) is 0 Å². The van der Waals surface area contributed by atoms with Crippen LogP contribution in [-0.4, -0.2) is 34.8 Å². The highest BCUT2D eigenvalue weighted by Gasteiger charge is 2.16. The first kappa shape index (κ1) is 17.3. The van der Waals surface area contributed by atoms with Gasteiger partial charge in [0.05, 0.1) is 11.8 Å². The fourth-order valence-electron chi connectivity index (χ4n) is 2.46. The number of ether oxygens (including phenoxy) is 2. The van der Waals surface area contributed by atoms with Crippen molar-refractivity contribution in [2.24, 2.45) is 0 Å². The minimum absolute atomic E-state index is 0.101. The minimum atomic E-state index is -0.146. The molecule has 1 amide bonds. The zero-order valence-corrected chi connectivity index (χ0v) is 14.9. The Morgan fingerprint density at radius 3 is 2.80 bits per heavy atom. The molecule has 8 heteroatoms. The Labute approximate surface area is 150 Å². The van der Waals surface area contributed by atoms with E-state index in [0.717, 1.165) is 17.0 Å². The predicted molar refractivity (Wildman–Crippen MR) is 95.9 cm³/mol. The van der Waals surface area contributed by atoms with Gasteiger partial charge in [-0.3, -0.25) is 4.79 Å². The molecular formula is C17H20N4O3S. The van der Waals surface area contributed by atoms with Gasteiger partial charge in [-0.25, -0.2) is 9.97 Å². The summed E-state index contributed by atoms with van der Waals surface area (Å²) >= 11 is 1.26. The number of rotatable bonds is 5. The van der Waals surface area contributed by atoms with E-state index in [1.807, 2.05) is 32.0 Å². The highest BCUT2D eigenvalue weighted by atomic mass is 32.2. The van der Waals surface area contributed by atoms with Crippen molar-refractivity contribution in [3.8, 4) is 11.5 Å². The zero-order chi connectivity index (χ0) is 17.8. The number of carbonyl (C=O) groups excluding carboxylic acids is 1. The maximum absolute atomic E-state index is 12.2. The molecule has 0 radical (unpaired) electrons. The summed E-state index contributed by atoms with van der Waals surface area (Å²) in [6.07, 6.45) is 0. The number of nitrogens with one attached hydrogen (secondary N) is 1. The van der Waals surface area contributed by atoms with Crippen molar-refractivity contribution in [3.05, 3.63) is 35.5 Å². The lowest BCUT2D eigenvalue weighted by Gasteiger charge is -2.21. The van der Waals surface area contributed by atoms with Crippen molar-refractivity contribution < 1.29 is 14.3 Å². The molecule has 1 aliphatic rings. The number of nitrogen functional groups attached to an aromatic ring is 1. The number of hydrogen-bond acceptors (Lipinski definition) is 7. The Bertz CT molecular complexity index is 764. The quantitative estimate of drug-likeness (QED) is 0.622. The maximum Gasteiger partial charge on any atom is 0.230 e. The summed E-state index contributed by atoms with van der Waals surface area (Å²) in [5, 5.41) is 3.46. The van der Waals surface area contributed by atoms with Gasteiger partial charge in [0.2, 0.25) is 5.91 Å². The van der Waals surface area contributed by atoms with E-state index in [-0.39, 0.29) is 17.7 Å². The Hall–Kier alpha value is -2.48. The number of hydrogen-bond donors (Lipinski definition) is 2. The number of anilines is 1. The highest BCUT2D eigenvalue weighted by Crippen LogP contribution is 2.32. The van der Waals surface area contributed by atoms with Crippen molar-refractivity contribution in [2.45, 2.75) is 25.0 Å². The fraction of sp³-hybridized carbons (Fsp3) is 0.353. The molecule has 2 aromatic rings. The van der Waals surface area contributed by atoms with Gasteiger partial charge in [-0.1, -0.05) is 17.8 Å². The first-order valence-electron chi connectivity index (χ1n) is 7.94. The van der Waals surface area contributed by atoms with Crippen LogP contribution >= 0.6 is 11.8 Å². The summed E-state index contributed by atoms with van der Waals surface area (Å²) in [5.41, 5.74) is 7.43. The topological polar surface area (TPSA) is 99.4 Å². The van der Waals surface area contributed by atoms with Crippen LogP contribution in [0.2, 0.25) is 0 Å². The normalized spacial score (nSPS) is 14.0. The van der Waals surface area contributed by atoms with E-state index < -0.39 is 0 Å². The number of nitrogens with two attached hydrogens (primary N) is 1. The van der Waals surface area contributed by atoms with Crippen molar-refractivity contribution in [2.75, 3.05) is 24.7 Å². The summed E-state index contributed by atoms with van der Waals surface area (Å²) < 4.78 is 11.1. The van der Waals surface area contributed by atoms with Gasteiger partial charge in [-0.05, 0) is 31.5 Å². The molecule has 1 unspecified atom stereocenters. The average Bonchev–Trinajstić information content (AvgIpc) is 2.58. The average molecular weight is 360 g/mol. The minimum Gasteiger partial charge on any atom is -0.486 e. The lowest BCUT2D eigenvalue weighted by molar-refractivity contribution is -0.119. The maximum atomic E-state index is 12.2. The lowest BCUT2D eigenvalue weighted by Crippen LogP contribution is -2.28. The fourth-order valence-corrected chi connectivity index (χ4v) is 3.18. The Morgan fingerprint density at radius 1 is 1.28 bits per heavy atom. The molecule has 1 aromatic heterocycles. The van der Waals surface area contributed by atoms with Gasteiger partial charge < -0.3 is 20.5 Å². The Morgan fingerprint density at radius 2 is 2.04 bits per heavy atom. The van der Waals surface area contributed by atoms with Crippen molar-refractivity contribution in [1.29, 1.82) is 0 Å². The van der Waals surface area contributed by atoms with Crippen LogP contribution in [0.3, 0.4) is 0 Å². The number of nitrogens with zero attached hydrogens (tertiary/aromatic N) is 2. The third kappa shape index (κ3) is 4.54. The Balaban J connectivity index is 1.57. The first-order chi connectivity index (χ1) is 12.0. The third-order valence-electron chi connectivity index (χ3n) is 3.63. The molecule has 3 N–H and O–H groups in total. The molecule has 0 saturated carbocycles. The molecule has 0 bridgehead atoms. The standard InChI is InChI=1S/C17H20N4O3S/c1-10-7-15(18)21-17(19-10)25-9-16(22)20-11(2)12-3-4-13-14(8-12)24-6-5-23-13/h3-4,7-8,11H,5-6,9H2,1-2H3,(H,20,22)(H2,18,19,21).